The van der Waals surface area contributed by atoms with Crippen LogP contribution in [0.5, 0.6) is 0 Å². The third kappa shape index (κ3) is 1.32. The third-order valence-electron chi connectivity index (χ3n) is 2.75. The van der Waals surface area contributed by atoms with Crippen molar-refractivity contribution in [3.63, 3.8) is 0 Å². The number of fused-ring (bicyclic) bond motifs is 2. The van der Waals surface area contributed by atoms with Crippen LogP contribution in [0.15, 0.2) is 48.5 Å². The number of benzene rings is 3. The molecule has 0 aromatic heterocycles. The Labute approximate surface area is 93.6 Å². The lowest BCUT2D eigenvalue weighted by molar-refractivity contribution is 1.50. The van der Waals surface area contributed by atoms with Crippen LogP contribution in [0, 0.1) is 17.4 Å². The normalized spacial score (nSPS) is 10.4. The summed E-state index contributed by atoms with van der Waals surface area (Å²) < 4.78 is 0. The molecule has 0 N–H and O–H groups in total. The molecule has 0 aliphatic heterocycles. The average Bonchev–Trinajstić information content (AvgIpc) is 2.35. The minimum atomic E-state index is 0.697. The lowest BCUT2D eigenvalue weighted by Gasteiger charge is -2.01. The first-order valence-electron chi connectivity index (χ1n) is 5.11. The van der Waals surface area contributed by atoms with E-state index in [0.717, 1.165) is 16.2 Å². The fourth-order valence-corrected chi connectivity index (χ4v) is 1.94. The molecule has 0 amide bonds. The van der Waals surface area contributed by atoms with Crippen molar-refractivity contribution in [1.82, 2.24) is 0 Å². The molecule has 0 unspecified atom stereocenters. The monoisotopic (exact) mass is 202 g/mol. The van der Waals surface area contributed by atoms with E-state index in [4.69, 9.17) is 5.26 Å². The van der Waals surface area contributed by atoms with Crippen LogP contribution in [-0.2, 0) is 0 Å². The van der Waals surface area contributed by atoms with E-state index in [9.17, 15) is 0 Å². The quantitative estimate of drug-likeness (QED) is 0.510. The molecule has 3 aromatic carbocycles. The molecule has 1 nitrogen and oxygen atoms in total. The van der Waals surface area contributed by atoms with E-state index in [1.807, 2.05) is 30.3 Å². The van der Waals surface area contributed by atoms with Crippen molar-refractivity contribution in [3.8, 4) is 6.07 Å². The van der Waals surface area contributed by atoms with Crippen molar-refractivity contribution < 1.29 is 0 Å². The van der Waals surface area contributed by atoms with Crippen molar-refractivity contribution in [2.45, 2.75) is 0 Å². The summed E-state index contributed by atoms with van der Waals surface area (Å²) in [5, 5.41) is 13.4. The Morgan fingerprint density at radius 2 is 1.88 bits per heavy atom. The Morgan fingerprint density at radius 3 is 2.75 bits per heavy atom. The predicted molar refractivity (Wildman–Crippen MR) is 65.0 cm³/mol. The zero-order chi connectivity index (χ0) is 11.0. The molecular formula is C15H8N. The first kappa shape index (κ1) is 8.94. The van der Waals surface area contributed by atoms with Crippen LogP contribution < -0.4 is 0 Å². The Bertz CT molecular complexity index is 720. The van der Waals surface area contributed by atoms with Gasteiger partial charge in [0.2, 0.25) is 0 Å². The highest BCUT2D eigenvalue weighted by Crippen LogP contribution is 2.23. The standard InChI is InChI=1S/C15H8N/c16-10-11-5-6-14-8-12-3-1-2-4-13(12)9-15(14)7-11/h1-3,5-9H. The summed E-state index contributed by atoms with van der Waals surface area (Å²) in [5.74, 6) is 0. The zero-order valence-corrected chi connectivity index (χ0v) is 8.57. The van der Waals surface area contributed by atoms with Gasteiger partial charge < -0.3 is 0 Å². The van der Waals surface area contributed by atoms with Gasteiger partial charge in [0.05, 0.1) is 11.6 Å². The molecule has 0 aliphatic carbocycles. The van der Waals surface area contributed by atoms with Crippen molar-refractivity contribution in [3.05, 3.63) is 60.2 Å². The molecule has 73 valence electrons. The molecule has 0 fully saturated rings. The smallest absolute Gasteiger partial charge is 0.0991 e. The van der Waals surface area contributed by atoms with Crippen LogP contribution in [0.25, 0.3) is 21.5 Å². The maximum atomic E-state index is 8.85. The summed E-state index contributed by atoms with van der Waals surface area (Å²) >= 11 is 0. The predicted octanol–water partition coefficient (Wildman–Crippen LogP) is 3.66. The summed E-state index contributed by atoms with van der Waals surface area (Å²) in [6.07, 6.45) is 0. The van der Waals surface area contributed by atoms with Gasteiger partial charge >= 0.3 is 0 Å². The largest absolute Gasteiger partial charge is 0.192 e. The van der Waals surface area contributed by atoms with Crippen molar-refractivity contribution in [1.29, 1.82) is 5.26 Å². The van der Waals surface area contributed by atoms with Crippen LogP contribution >= 0.6 is 0 Å². The van der Waals surface area contributed by atoms with Gasteiger partial charge in [-0.05, 0) is 51.9 Å². The molecule has 1 radical (unpaired) electrons. The molecule has 0 saturated carbocycles. The van der Waals surface area contributed by atoms with Gasteiger partial charge in [-0.3, -0.25) is 0 Å². The van der Waals surface area contributed by atoms with E-state index in [1.165, 1.54) is 5.39 Å². The summed E-state index contributed by atoms with van der Waals surface area (Å²) in [4.78, 5) is 0. The molecule has 0 heterocycles. The molecule has 3 aromatic rings. The summed E-state index contributed by atoms with van der Waals surface area (Å²) in [6.45, 7) is 0. The lowest BCUT2D eigenvalue weighted by atomic mass is 10.0. The number of hydrogen-bond donors (Lipinski definition) is 0. The number of nitriles is 1. The van der Waals surface area contributed by atoms with Crippen LogP contribution in [-0.4, -0.2) is 0 Å². The highest BCUT2D eigenvalue weighted by atomic mass is 14.2. The van der Waals surface area contributed by atoms with Gasteiger partial charge in [-0.15, -0.1) is 0 Å². The van der Waals surface area contributed by atoms with Gasteiger partial charge in [0.15, 0.2) is 0 Å². The van der Waals surface area contributed by atoms with Gasteiger partial charge in [0.1, 0.15) is 0 Å². The summed E-state index contributed by atoms with van der Waals surface area (Å²) in [6, 6.07) is 21.3. The third-order valence-corrected chi connectivity index (χ3v) is 2.75. The van der Waals surface area contributed by atoms with E-state index in [-0.39, 0.29) is 0 Å². The van der Waals surface area contributed by atoms with E-state index < -0.39 is 0 Å². The summed E-state index contributed by atoms with van der Waals surface area (Å²) in [5.41, 5.74) is 0.697. The molecule has 16 heavy (non-hydrogen) atoms. The van der Waals surface area contributed by atoms with Gasteiger partial charge in [-0.2, -0.15) is 5.26 Å². The molecule has 3 rings (SSSR count). The Kier molecular flexibility index (Phi) is 1.88. The van der Waals surface area contributed by atoms with Crippen LogP contribution in [0.2, 0.25) is 0 Å². The molecule has 0 spiro atoms. The first-order chi connectivity index (χ1) is 7.86. The molecule has 1 heteroatoms. The van der Waals surface area contributed by atoms with Crippen molar-refractivity contribution >= 4 is 21.5 Å². The highest BCUT2D eigenvalue weighted by molar-refractivity contribution is 5.98. The molecule has 0 saturated heterocycles. The molecule has 0 aliphatic rings. The number of rotatable bonds is 0. The first-order valence-corrected chi connectivity index (χ1v) is 5.11. The fourth-order valence-electron chi connectivity index (χ4n) is 1.94. The number of nitrogens with zero attached hydrogens (tertiary/aromatic N) is 1. The maximum absolute atomic E-state index is 8.85. The SMILES string of the molecule is N#Cc1ccc2cc3ccc[c]c3cc2c1. The van der Waals surface area contributed by atoms with Gasteiger partial charge in [0.25, 0.3) is 0 Å². The second kappa shape index (κ2) is 3.36. The van der Waals surface area contributed by atoms with Crippen molar-refractivity contribution in [2.24, 2.45) is 0 Å². The van der Waals surface area contributed by atoms with E-state index in [0.29, 0.717) is 5.56 Å². The molecule has 0 bridgehead atoms. The van der Waals surface area contributed by atoms with E-state index in [2.05, 4.69) is 30.3 Å². The molecule has 0 atom stereocenters. The summed E-state index contributed by atoms with van der Waals surface area (Å²) in [7, 11) is 0. The lowest BCUT2D eigenvalue weighted by Crippen LogP contribution is -1.78. The average molecular weight is 202 g/mol. The Balaban J connectivity index is 2.43. The minimum Gasteiger partial charge on any atom is -0.192 e. The zero-order valence-electron chi connectivity index (χ0n) is 8.57. The Hall–Kier alpha value is -2.33. The van der Waals surface area contributed by atoms with Crippen LogP contribution in [0.4, 0.5) is 0 Å². The van der Waals surface area contributed by atoms with Gasteiger partial charge in [-0.1, -0.05) is 24.3 Å². The second-order valence-corrected chi connectivity index (χ2v) is 3.78. The molecular weight excluding hydrogens is 194 g/mol. The van der Waals surface area contributed by atoms with Gasteiger partial charge in [-0.25, -0.2) is 0 Å². The highest BCUT2D eigenvalue weighted by Gasteiger charge is 1.98. The Morgan fingerprint density at radius 1 is 0.938 bits per heavy atom. The van der Waals surface area contributed by atoms with Crippen molar-refractivity contribution in [2.75, 3.05) is 0 Å². The van der Waals surface area contributed by atoms with E-state index in [1.54, 1.807) is 0 Å². The number of hydrogen-bond acceptors (Lipinski definition) is 1. The topological polar surface area (TPSA) is 23.8 Å². The van der Waals surface area contributed by atoms with Crippen LogP contribution in [0.1, 0.15) is 5.56 Å². The maximum Gasteiger partial charge on any atom is 0.0991 e. The minimum absolute atomic E-state index is 0.697. The fraction of sp³-hybridized carbons (Fsp3) is 0. The van der Waals surface area contributed by atoms with Crippen LogP contribution in [0.3, 0.4) is 0 Å². The van der Waals surface area contributed by atoms with Gasteiger partial charge in [0, 0.05) is 0 Å². The second-order valence-electron chi connectivity index (χ2n) is 3.78. The van der Waals surface area contributed by atoms with E-state index >= 15 is 0 Å².